The number of ketones is 1. The van der Waals surface area contributed by atoms with E-state index in [-0.39, 0.29) is 5.78 Å². The second-order valence-electron chi connectivity index (χ2n) is 7.11. The predicted molar refractivity (Wildman–Crippen MR) is 95.7 cm³/mol. The summed E-state index contributed by atoms with van der Waals surface area (Å²) >= 11 is 0. The predicted octanol–water partition coefficient (Wildman–Crippen LogP) is 4.29. The quantitative estimate of drug-likeness (QED) is 0.673. The van der Waals surface area contributed by atoms with E-state index in [9.17, 15) is 4.79 Å². The molecule has 0 atom stereocenters. The van der Waals surface area contributed by atoms with Crippen LogP contribution in [-0.2, 0) is 6.54 Å². The maximum Gasteiger partial charge on any atom is 0.184 e. The van der Waals surface area contributed by atoms with Crippen molar-refractivity contribution in [3.05, 3.63) is 52.6 Å². The Kier molecular flexibility index (Phi) is 3.37. The third kappa shape index (κ3) is 2.37. The van der Waals surface area contributed by atoms with Crippen LogP contribution in [0.4, 0.5) is 0 Å². The van der Waals surface area contributed by atoms with Crippen molar-refractivity contribution >= 4 is 16.8 Å². The fraction of sp³-hybridized carbons (Fsp3) is 0.400. The fourth-order valence-corrected chi connectivity index (χ4v) is 3.63. The summed E-state index contributed by atoms with van der Waals surface area (Å²) in [6, 6.07) is 6.86. The molecule has 0 unspecified atom stereocenters. The van der Waals surface area contributed by atoms with E-state index in [4.69, 9.17) is 0 Å². The summed E-state index contributed by atoms with van der Waals surface area (Å²) in [6.07, 6.45) is 4.24. The molecule has 0 radical (unpaired) electrons. The van der Waals surface area contributed by atoms with Crippen molar-refractivity contribution in [2.45, 2.75) is 53.1 Å². The van der Waals surface area contributed by atoms with E-state index in [1.54, 1.807) is 6.33 Å². The summed E-state index contributed by atoms with van der Waals surface area (Å²) in [5, 5.41) is 0. The van der Waals surface area contributed by atoms with Crippen molar-refractivity contribution in [2.24, 2.45) is 0 Å². The molecule has 1 aliphatic carbocycles. The van der Waals surface area contributed by atoms with Gasteiger partial charge in [0.15, 0.2) is 5.78 Å². The number of fused-ring (bicyclic) bond motifs is 1. The van der Waals surface area contributed by atoms with Gasteiger partial charge in [-0.1, -0.05) is 0 Å². The molecular weight excluding hydrogens is 298 g/mol. The van der Waals surface area contributed by atoms with E-state index in [0.717, 1.165) is 22.3 Å². The molecule has 1 fully saturated rings. The lowest BCUT2D eigenvalue weighted by Crippen LogP contribution is -2.11. The zero-order valence-electron chi connectivity index (χ0n) is 14.8. The zero-order chi connectivity index (χ0) is 17.0. The monoisotopic (exact) mass is 321 g/mol. The minimum atomic E-state index is 0.160. The molecule has 1 aromatic carbocycles. The smallest absolute Gasteiger partial charge is 0.184 e. The molecule has 0 N–H and O–H groups in total. The maximum atomic E-state index is 12.9. The minimum Gasteiger partial charge on any atom is -0.345 e. The highest BCUT2D eigenvalue weighted by Gasteiger charge is 2.28. The SMILES string of the molecule is Cc1cc2ncn(CC(=O)c3cc(C)n(C4CC4)c3C)c2cc1C. The fourth-order valence-electron chi connectivity index (χ4n) is 3.63. The van der Waals surface area contributed by atoms with Crippen LogP contribution >= 0.6 is 0 Å². The maximum absolute atomic E-state index is 12.9. The highest BCUT2D eigenvalue weighted by molar-refractivity contribution is 5.98. The number of benzene rings is 1. The molecule has 124 valence electrons. The average Bonchev–Trinajstić information content (AvgIpc) is 3.23. The molecule has 0 saturated heterocycles. The van der Waals surface area contributed by atoms with Gasteiger partial charge in [-0.25, -0.2) is 4.98 Å². The first kappa shape index (κ1) is 15.2. The van der Waals surface area contributed by atoms with Gasteiger partial charge in [0, 0.05) is 23.0 Å². The van der Waals surface area contributed by atoms with Crippen LogP contribution < -0.4 is 0 Å². The first-order valence-electron chi connectivity index (χ1n) is 8.59. The molecule has 3 aromatic rings. The van der Waals surface area contributed by atoms with Crippen molar-refractivity contribution in [2.75, 3.05) is 0 Å². The number of rotatable bonds is 4. The van der Waals surface area contributed by atoms with E-state index < -0.39 is 0 Å². The molecule has 2 heterocycles. The lowest BCUT2D eigenvalue weighted by atomic mass is 10.1. The van der Waals surface area contributed by atoms with Crippen molar-refractivity contribution in [1.29, 1.82) is 0 Å². The molecular formula is C20H23N3O. The van der Waals surface area contributed by atoms with Gasteiger partial charge in [-0.15, -0.1) is 0 Å². The number of nitrogens with zero attached hydrogens (tertiary/aromatic N) is 3. The number of hydrogen-bond acceptors (Lipinski definition) is 2. The molecule has 0 aliphatic heterocycles. The Hall–Kier alpha value is -2.36. The van der Waals surface area contributed by atoms with E-state index >= 15 is 0 Å². The highest BCUT2D eigenvalue weighted by Crippen LogP contribution is 2.38. The van der Waals surface area contributed by atoms with Crippen LogP contribution in [0.5, 0.6) is 0 Å². The number of aromatic nitrogens is 3. The highest BCUT2D eigenvalue weighted by atomic mass is 16.1. The molecule has 0 bridgehead atoms. The van der Waals surface area contributed by atoms with Crippen molar-refractivity contribution in [1.82, 2.24) is 14.1 Å². The second-order valence-corrected chi connectivity index (χ2v) is 7.11. The number of hydrogen-bond donors (Lipinski definition) is 0. The summed E-state index contributed by atoms with van der Waals surface area (Å²) in [6.45, 7) is 8.69. The van der Waals surface area contributed by atoms with Crippen LogP contribution in [0.15, 0.2) is 24.5 Å². The van der Waals surface area contributed by atoms with Crippen LogP contribution in [0, 0.1) is 27.7 Å². The third-order valence-corrected chi connectivity index (χ3v) is 5.25. The van der Waals surface area contributed by atoms with Crippen LogP contribution in [0.3, 0.4) is 0 Å². The van der Waals surface area contributed by atoms with Gasteiger partial charge in [0.2, 0.25) is 0 Å². The largest absolute Gasteiger partial charge is 0.345 e. The molecule has 0 amide bonds. The number of aryl methyl sites for hydroxylation is 3. The third-order valence-electron chi connectivity index (χ3n) is 5.25. The van der Waals surface area contributed by atoms with E-state index in [1.807, 2.05) is 10.6 Å². The molecule has 4 nitrogen and oxygen atoms in total. The van der Waals surface area contributed by atoms with Gasteiger partial charge in [-0.3, -0.25) is 4.79 Å². The summed E-state index contributed by atoms with van der Waals surface area (Å²) in [5.74, 6) is 0.160. The standard InChI is InChI=1S/C20H23N3O/c1-12-7-18-19(8-13(12)2)22(11-21-18)10-20(24)17-9-14(3)23(15(17)4)16-5-6-16/h7-9,11,16H,5-6,10H2,1-4H3. The second kappa shape index (κ2) is 5.33. The summed E-state index contributed by atoms with van der Waals surface area (Å²) in [7, 11) is 0. The van der Waals surface area contributed by atoms with E-state index in [1.165, 1.54) is 29.7 Å². The van der Waals surface area contributed by atoms with E-state index in [0.29, 0.717) is 12.6 Å². The molecule has 0 spiro atoms. The average molecular weight is 321 g/mol. The number of carbonyl (C=O) groups excluding carboxylic acids is 1. The summed E-state index contributed by atoms with van der Waals surface area (Å²) in [5.41, 5.74) is 7.59. The van der Waals surface area contributed by atoms with Gasteiger partial charge >= 0.3 is 0 Å². The van der Waals surface area contributed by atoms with Gasteiger partial charge in [0.05, 0.1) is 23.9 Å². The Balaban J connectivity index is 1.67. The first-order valence-corrected chi connectivity index (χ1v) is 8.59. The number of imidazole rings is 1. The van der Waals surface area contributed by atoms with Gasteiger partial charge < -0.3 is 9.13 Å². The topological polar surface area (TPSA) is 39.8 Å². The Morgan fingerprint density at radius 3 is 2.54 bits per heavy atom. The van der Waals surface area contributed by atoms with Gasteiger partial charge in [0.25, 0.3) is 0 Å². The van der Waals surface area contributed by atoms with Crippen molar-refractivity contribution in [3.63, 3.8) is 0 Å². The van der Waals surface area contributed by atoms with Gasteiger partial charge in [0.1, 0.15) is 0 Å². The first-order chi connectivity index (χ1) is 11.5. The van der Waals surface area contributed by atoms with Crippen LogP contribution in [-0.4, -0.2) is 19.9 Å². The summed E-state index contributed by atoms with van der Waals surface area (Å²) in [4.78, 5) is 17.3. The van der Waals surface area contributed by atoms with Crippen LogP contribution in [0.25, 0.3) is 11.0 Å². The molecule has 1 saturated carbocycles. The zero-order valence-corrected chi connectivity index (χ0v) is 14.8. The van der Waals surface area contributed by atoms with Crippen LogP contribution in [0.1, 0.15) is 51.8 Å². The molecule has 1 aliphatic rings. The lowest BCUT2D eigenvalue weighted by molar-refractivity contribution is 0.0972. The molecule has 4 rings (SSSR count). The van der Waals surface area contributed by atoms with Crippen molar-refractivity contribution in [3.8, 4) is 0 Å². The van der Waals surface area contributed by atoms with Gasteiger partial charge in [-0.2, -0.15) is 0 Å². The molecule has 2 aromatic heterocycles. The van der Waals surface area contributed by atoms with Crippen molar-refractivity contribution < 1.29 is 4.79 Å². The molecule has 24 heavy (non-hydrogen) atoms. The van der Waals surface area contributed by atoms with Gasteiger partial charge in [-0.05, 0) is 69.9 Å². The normalized spacial score (nSPS) is 14.5. The Bertz CT molecular complexity index is 957. The van der Waals surface area contributed by atoms with E-state index in [2.05, 4.69) is 49.4 Å². The summed E-state index contributed by atoms with van der Waals surface area (Å²) < 4.78 is 4.29. The minimum absolute atomic E-state index is 0.160. The Labute approximate surface area is 142 Å². The van der Waals surface area contributed by atoms with Crippen LogP contribution in [0.2, 0.25) is 0 Å². The number of Topliss-reactive ketones (excluding diaryl/α,β-unsaturated/α-hetero) is 1. The molecule has 4 heteroatoms. The Morgan fingerprint density at radius 2 is 1.83 bits per heavy atom. The Morgan fingerprint density at radius 1 is 1.12 bits per heavy atom. The lowest BCUT2D eigenvalue weighted by Gasteiger charge is -2.08. The number of carbonyl (C=O) groups is 1.